The Hall–Kier alpha value is -5.38. The van der Waals surface area contributed by atoms with Crippen LogP contribution in [0.4, 0.5) is 18.9 Å². The van der Waals surface area contributed by atoms with Gasteiger partial charge in [0.25, 0.3) is 11.8 Å². The van der Waals surface area contributed by atoms with Crippen LogP contribution in [0.3, 0.4) is 0 Å². The number of ether oxygens (including phenoxy) is 2. The van der Waals surface area contributed by atoms with Crippen molar-refractivity contribution in [1.29, 1.82) is 5.41 Å². The van der Waals surface area contributed by atoms with Gasteiger partial charge in [-0.3, -0.25) is 25.8 Å². The molecule has 0 saturated carbocycles. The predicted octanol–water partition coefficient (Wildman–Crippen LogP) is 4.51. The van der Waals surface area contributed by atoms with Crippen LogP contribution in [0.1, 0.15) is 27.7 Å². The lowest BCUT2D eigenvalue weighted by Gasteiger charge is -2.22. The largest absolute Gasteiger partial charge is 0.490 e. The van der Waals surface area contributed by atoms with Gasteiger partial charge in [0, 0.05) is 21.9 Å². The molecule has 238 valence electrons. The number of aromatic nitrogens is 1. The molecule has 1 aromatic heterocycles. The zero-order valence-electron chi connectivity index (χ0n) is 23.4. The van der Waals surface area contributed by atoms with Gasteiger partial charge in [-0.25, -0.2) is 9.78 Å². The summed E-state index contributed by atoms with van der Waals surface area (Å²) in [6.07, 6.45) is -0.415. The second kappa shape index (κ2) is 17.0. The van der Waals surface area contributed by atoms with Crippen LogP contribution in [0, 0.1) is 5.41 Å². The number of hydrazine groups is 1. The molecule has 2 aromatic carbocycles. The number of hydrogen-bond donors (Lipinski definition) is 6. The lowest BCUT2D eigenvalue weighted by Crippen LogP contribution is -2.45. The first-order valence-electron chi connectivity index (χ1n) is 12.6. The summed E-state index contributed by atoms with van der Waals surface area (Å²) in [6, 6.07) is 14.1. The molecule has 2 amide bonds. The van der Waals surface area contributed by atoms with Crippen LogP contribution in [0.5, 0.6) is 11.5 Å². The molecular weight excluding hydrogens is 665 g/mol. The zero-order chi connectivity index (χ0) is 33.6. The number of carboxylic acids is 1. The molecule has 7 N–H and O–H groups in total. The highest BCUT2D eigenvalue weighted by molar-refractivity contribution is 9.10. The number of nitrogens with zero attached hydrogens (tertiary/aromatic N) is 1. The molecule has 0 fully saturated rings. The first kappa shape index (κ1) is 35.8. The number of amides is 2. The van der Waals surface area contributed by atoms with Gasteiger partial charge in [-0.15, -0.1) is 0 Å². The Labute approximate surface area is 263 Å². The molecule has 1 unspecified atom stereocenters. The van der Waals surface area contributed by atoms with Crippen LogP contribution >= 0.6 is 15.9 Å². The van der Waals surface area contributed by atoms with E-state index in [2.05, 4.69) is 50.2 Å². The number of pyridine rings is 1. The first-order chi connectivity index (χ1) is 21.3. The molecule has 0 aliphatic heterocycles. The highest BCUT2D eigenvalue weighted by atomic mass is 79.9. The van der Waals surface area contributed by atoms with E-state index >= 15 is 0 Å². The van der Waals surface area contributed by atoms with Gasteiger partial charge in [-0.05, 0) is 70.0 Å². The highest BCUT2D eigenvalue weighted by Crippen LogP contribution is 2.32. The van der Waals surface area contributed by atoms with Gasteiger partial charge in [0.2, 0.25) is 0 Å². The molecule has 0 saturated heterocycles. The monoisotopic (exact) mass is 692 g/mol. The molecule has 1 atom stereocenters. The maximum atomic E-state index is 13.4. The summed E-state index contributed by atoms with van der Waals surface area (Å²) in [5.41, 5.74) is 12.1. The van der Waals surface area contributed by atoms with Crippen LogP contribution in [0.25, 0.3) is 0 Å². The quantitative estimate of drug-likeness (QED) is 0.0687. The lowest BCUT2D eigenvalue weighted by atomic mass is 10.0. The number of anilines is 1. The van der Waals surface area contributed by atoms with Crippen LogP contribution in [-0.2, 0) is 9.59 Å². The van der Waals surface area contributed by atoms with Crippen molar-refractivity contribution in [2.75, 3.05) is 18.5 Å². The molecule has 0 aliphatic rings. The number of benzene rings is 2. The van der Waals surface area contributed by atoms with E-state index in [1.807, 2.05) is 0 Å². The van der Waals surface area contributed by atoms with Crippen LogP contribution in [-0.4, -0.2) is 53.1 Å². The average Bonchev–Trinajstić information content (AvgIpc) is 3.00. The number of nitrogens with one attached hydrogen (secondary N) is 4. The number of carboxylic acid groups (broad SMARTS) is 1. The van der Waals surface area contributed by atoms with E-state index in [-0.39, 0.29) is 24.7 Å². The number of aliphatic carboxylic acids is 1. The highest BCUT2D eigenvalue weighted by Gasteiger charge is 2.38. The van der Waals surface area contributed by atoms with E-state index in [1.54, 1.807) is 66.7 Å². The first-order valence-corrected chi connectivity index (χ1v) is 13.4. The molecule has 0 radical (unpaired) electrons. The summed E-state index contributed by atoms with van der Waals surface area (Å²) < 4.78 is 43.6. The number of halogens is 4. The Balaban J connectivity index is 0.000000900. The van der Waals surface area contributed by atoms with Crippen molar-refractivity contribution < 1.29 is 42.1 Å². The minimum Gasteiger partial charge on any atom is -0.486 e. The summed E-state index contributed by atoms with van der Waals surface area (Å²) in [5.74, 6) is -3.12. The van der Waals surface area contributed by atoms with Gasteiger partial charge < -0.3 is 25.6 Å². The van der Waals surface area contributed by atoms with Gasteiger partial charge >= 0.3 is 12.1 Å². The Morgan fingerprint density at radius 3 is 2.16 bits per heavy atom. The molecule has 0 bridgehead atoms. The van der Waals surface area contributed by atoms with Gasteiger partial charge in [0.05, 0.1) is 0 Å². The molecule has 3 rings (SSSR count). The summed E-state index contributed by atoms with van der Waals surface area (Å²) in [6.45, 7) is 7.81. The predicted molar refractivity (Wildman–Crippen MR) is 163 cm³/mol. The van der Waals surface area contributed by atoms with Gasteiger partial charge in [-0.2, -0.15) is 13.2 Å². The number of amidine groups is 1. The van der Waals surface area contributed by atoms with Crippen LogP contribution < -0.4 is 31.4 Å². The Morgan fingerprint density at radius 1 is 1.02 bits per heavy atom. The normalized spacial score (nSPS) is 11.0. The number of carbonyl (C=O) groups is 3. The summed E-state index contributed by atoms with van der Waals surface area (Å²) in [5, 5.41) is 17.9. The fourth-order valence-electron chi connectivity index (χ4n) is 3.25. The van der Waals surface area contributed by atoms with E-state index < -0.39 is 30.0 Å². The number of hydrogen-bond acceptors (Lipinski definition) is 8. The van der Waals surface area contributed by atoms with Crippen molar-refractivity contribution in [3.05, 3.63) is 107 Å². The topological polar surface area (TPSA) is 189 Å². The average molecular weight is 693 g/mol. The van der Waals surface area contributed by atoms with Gasteiger partial charge in [0.1, 0.15) is 30.8 Å². The third-order valence-corrected chi connectivity index (χ3v) is 5.94. The fraction of sp³-hybridized carbons (Fsp3) is 0.138. The SMILES string of the molecule is C=CCOc1ccc(C(Nc2ccc(C(=N)N)cc2)C(=O)NNC(=O)c2ncccc2Br)cc1OCC=C.O=C(O)C(F)(F)F. The number of nitrogens with two attached hydrogens (primary N) is 1. The number of alkyl halides is 3. The van der Waals surface area contributed by atoms with Crippen LogP contribution in [0.2, 0.25) is 0 Å². The van der Waals surface area contributed by atoms with Crippen molar-refractivity contribution in [3.63, 3.8) is 0 Å². The van der Waals surface area contributed by atoms with E-state index in [0.717, 1.165) is 0 Å². The number of rotatable bonds is 12. The smallest absolute Gasteiger partial charge is 0.486 e. The van der Waals surface area contributed by atoms with Crippen molar-refractivity contribution in [2.24, 2.45) is 5.73 Å². The zero-order valence-corrected chi connectivity index (χ0v) is 24.9. The summed E-state index contributed by atoms with van der Waals surface area (Å²) in [4.78, 5) is 38.9. The molecule has 0 spiro atoms. The van der Waals surface area contributed by atoms with Crippen molar-refractivity contribution in [2.45, 2.75) is 12.2 Å². The minimum atomic E-state index is -5.08. The maximum absolute atomic E-state index is 13.4. The molecular formula is C29H28BrF3N6O6. The fourth-order valence-corrected chi connectivity index (χ4v) is 3.68. The Kier molecular flexibility index (Phi) is 13.6. The second-order valence-electron chi connectivity index (χ2n) is 8.55. The van der Waals surface area contributed by atoms with Crippen molar-refractivity contribution in [3.8, 4) is 11.5 Å². The molecule has 12 nitrogen and oxygen atoms in total. The van der Waals surface area contributed by atoms with Crippen molar-refractivity contribution >= 4 is 45.2 Å². The van der Waals surface area contributed by atoms with E-state index in [1.165, 1.54) is 6.20 Å². The Bertz CT molecular complexity index is 1540. The standard InChI is InChI=1S/C27H27BrN6O4.C2HF3O2/c1-3-14-37-21-12-9-18(16-22(21)38-15-4-2)23(32-19-10-7-17(8-11-19)25(29)30)26(35)33-34-27(36)24-20(28)6-5-13-31-24;3-2(4,5)1(6)7/h3-13,16,23,32H,1-2,14-15H2,(H3,29,30)(H,33,35)(H,34,36);(H,6,7). The molecule has 16 heteroatoms. The third kappa shape index (κ3) is 11.3. The van der Waals surface area contributed by atoms with Gasteiger partial charge in [-0.1, -0.05) is 31.4 Å². The minimum absolute atomic E-state index is 0.0756. The molecule has 1 heterocycles. The van der Waals surface area contributed by atoms with Crippen molar-refractivity contribution in [1.82, 2.24) is 15.8 Å². The summed E-state index contributed by atoms with van der Waals surface area (Å²) >= 11 is 3.27. The maximum Gasteiger partial charge on any atom is 0.490 e. The second-order valence-corrected chi connectivity index (χ2v) is 9.41. The molecule has 0 aliphatic carbocycles. The van der Waals surface area contributed by atoms with Gasteiger partial charge in [0.15, 0.2) is 11.5 Å². The number of carbonyl (C=O) groups excluding carboxylic acids is 2. The van der Waals surface area contributed by atoms with E-state index in [0.29, 0.717) is 32.8 Å². The molecule has 3 aromatic rings. The van der Waals surface area contributed by atoms with E-state index in [4.69, 9.17) is 30.5 Å². The van der Waals surface area contributed by atoms with E-state index in [9.17, 15) is 22.8 Å². The number of nitrogen functional groups attached to an aromatic ring is 1. The third-order valence-electron chi connectivity index (χ3n) is 5.30. The Morgan fingerprint density at radius 2 is 1.62 bits per heavy atom. The van der Waals surface area contributed by atoms with Crippen LogP contribution in [0.15, 0.2) is 90.6 Å². The summed E-state index contributed by atoms with van der Waals surface area (Å²) in [7, 11) is 0. The lowest BCUT2D eigenvalue weighted by molar-refractivity contribution is -0.192. The molecule has 45 heavy (non-hydrogen) atoms.